The molecule has 1 aromatic carbocycles. The van der Waals surface area contributed by atoms with Crippen LogP contribution in [0.15, 0.2) is 55.0 Å². The van der Waals surface area contributed by atoms with Crippen LogP contribution in [0, 0.1) is 0 Å². The van der Waals surface area contributed by atoms with Crippen molar-refractivity contribution in [3.63, 3.8) is 0 Å². The van der Waals surface area contributed by atoms with E-state index in [-0.39, 0.29) is 5.91 Å². The summed E-state index contributed by atoms with van der Waals surface area (Å²) in [7, 11) is 0. The number of rotatable bonds is 4. The van der Waals surface area contributed by atoms with E-state index in [0.717, 1.165) is 37.4 Å². The molecule has 3 heterocycles. The zero-order chi connectivity index (χ0) is 17.1. The molecule has 2 aromatic heterocycles. The average molecular weight is 333 g/mol. The molecule has 0 saturated carbocycles. The molecule has 1 aliphatic heterocycles. The fourth-order valence-corrected chi connectivity index (χ4v) is 3.15. The number of aromatic nitrogens is 3. The number of hydrogen-bond acceptors (Lipinski definition) is 4. The van der Waals surface area contributed by atoms with Gasteiger partial charge >= 0.3 is 0 Å². The Bertz CT molecular complexity index is 861. The molecule has 0 spiro atoms. The smallest absolute Gasteiger partial charge is 0.255 e. The molecule has 0 fully saturated rings. The number of pyridine rings is 1. The Morgan fingerprint density at radius 3 is 2.80 bits per heavy atom. The van der Waals surface area contributed by atoms with Crippen LogP contribution in [0.25, 0.3) is 0 Å². The van der Waals surface area contributed by atoms with Gasteiger partial charge in [0.2, 0.25) is 0 Å². The lowest BCUT2D eigenvalue weighted by molar-refractivity contribution is 0.102. The summed E-state index contributed by atoms with van der Waals surface area (Å²) in [6, 6.07) is 11.6. The maximum atomic E-state index is 12.3. The molecule has 3 aromatic rings. The van der Waals surface area contributed by atoms with Crippen LogP contribution in [0.2, 0.25) is 0 Å². The molecular weight excluding hydrogens is 314 g/mol. The number of carbonyl (C=O) groups is 1. The quantitative estimate of drug-likeness (QED) is 0.770. The zero-order valence-electron chi connectivity index (χ0n) is 13.8. The summed E-state index contributed by atoms with van der Waals surface area (Å²) >= 11 is 0. The van der Waals surface area contributed by atoms with Crippen LogP contribution in [0.1, 0.15) is 27.2 Å². The van der Waals surface area contributed by atoms with Crippen LogP contribution < -0.4 is 5.32 Å². The molecular formula is C19H19N5O. The van der Waals surface area contributed by atoms with Gasteiger partial charge in [0.15, 0.2) is 0 Å². The van der Waals surface area contributed by atoms with E-state index in [1.807, 2.05) is 12.1 Å². The monoisotopic (exact) mass is 333 g/mol. The highest BCUT2D eigenvalue weighted by Gasteiger charge is 2.17. The normalized spacial score (nSPS) is 14.1. The van der Waals surface area contributed by atoms with Gasteiger partial charge in [0, 0.05) is 55.2 Å². The SMILES string of the molecule is O=C(Nc1ccc2c(c1)CN(Cc1ccn[nH]1)CC2)c1ccncc1. The van der Waals surface area contributed by atoms with Crippen molar-refractivity contribution in [2.24, 2.45) is 0 Å². The first-order chi connectivity index (χ1) is 12.3. The Labute approximate surface area is 145 Å². The van der Waals surface area contributed by atoms with Gasteiger partial charge in [-0.05, 0) is 47.9 Å². The van der Waals surface area contributed by atoms with Crippen LogP contribution in [0.5, 0.6) is 0 Å². The Balaban J connectivity index is 1.47. The predicted molar refractivity (Wildman–Crippen MR) is 95.0 cm³/mol. The summed E-state index contributed by atoms with van der Waals surface area (Å²) in [4.78, 5) is 18.6. The minimum absolute atomic E-state index is 0.118. The molecule has 0 unspecified atom stereocenters. The summed E-state index contributed by atoms with van der Waals surface area (Å²) in [6.45, 7) is 2.75. The number of nitrogens with one attached hydrogen (secondary N) is 2. The molecule has 126 valence electrons. The van der Waals surface area contributed by atoms with E-state index in [2.05, 4.69) is 37.5 Å². The van der Waals surface area contributed by atoms with E-state index < -0.39 is 0 Å². The summed E-state index contributed by atoms with van der Waals surface area (Å²) in [5.41, 5.74) is 5.16. The summed E-state index contributed by atoms with van der Waals surface area (Å²) < 4.78 is 0. The fraction of sp³-hybridized carbons (Fsp3) is 0.211. The van der Waals surface area contributed by atoms with Crippen molar-refractivity contribution in [2.75, 3.05) is 11.9 Å². The molecule has 2 N–H and O–H groups in total. The Kier molecular flexibility index (Phi) is 4.26. The Morgan fingerprint density at radius 2 is 2.00 bits per heavy atom. The van der Waals surface area contributed by atoms with Crippen molar-refractivity contribution in [3.8, 4) is 0 Å². The third-order valence-electron chi connectivity index (χ3n) is 4.45. The van der Waals surface area contributed by atoms with Gasteiger partial charge < -0.3 is 5.32 Å². The van der Waals surface area contributed by atoms with E-state index in [1.165, 1.54) is 11.1 Å². The molecule has 1 aliphatic rings. The first-order valence-electron chi connectivity index (χ1n) is 8.32. The van der Waals surface area contributed by atoms with E-state index >= 15 is 0 Å². The highest BCUT2D eigenvalue weighted by Crippen LogP contribution is 2.24. The highest BCUT2D eigenvalue weighted by atomic mass is 16.1. The van der Waals surface area contributed by atoms with Crippen LogP contribution in [-0.2, 0) is 19.5 Å². The van der Waals surface area contributed by atoms with Gasteiger partial charge in [-0.1, -0.05) is 6.07 Å². The summed E-state index contributed by atoms with van der Waals surface area (Å²) in [5, 5.41) is 9.98. The minimum Gasteiger partial charge on any atom is -0.322 e. The third kappa shape index (κ3) is 3.59. The first-order valence-corrected chi connectivity index (χ1v) is 8.32. The number of nitrogens with zero attached hydrogens (tertiary/aromatic N) is 3. The Hall–Kier alpha value is -2.99. The van der Waals surface area contributed by atoms with Crippen LogP contribution in [0.3, 0.4) is 0 Å². The largest absolute Gasteiger partial charge is 0.322 e. The molecule has 0 aliphatic carbocycles. The van der Waals surface area contributed by atoms with E-state index in [0.29, 0.717) is 5.56 Å². The van der Waals surface area contributed by atoms with Crippen LogP contribution >= 0.6 is 0 Å². The second-order valence-electron chi connectivity index (χ2n) is 6.22. The first kappa shape index (κ1) is 15.5. The summed E-state index contributed by atoms with van der Waals surface area (Å²) in [5.74, 6) is -0.118. The van der Waals surface area contributed by atoms with Crippen LogP contribution in [-0.4, -0.2) is 32.5 Å². The van der Waals surface area contributed by atoms with Gasteiger partial charge in [-0.2, -0.15) is 5.10 Å². The highest BCUT2D eigenvalue weighted by molar-refractivity contribution is 6.04. The lowest BCUT2D eigenvalue weighted by atomic mass is 9.99. The number of H-pyrrole nitrogens is 1. The van der Waals surface area contributed by atoms with E-state index in [9.17, 15) is 4.79 Å². The standard InChI is InChI=1S/C19H19N5O/c25-19(15-3-7-20-8-4-15)22-17-2-1-14-6-10-24(12-16(14)11-17)13-18-5-9-21-23-18/h1-5,7-9,11H,6,10,12-13H2,(H,21,23)(H,22,25). The molecule has 6 heteroatoms. The lowest BCUT2D eigenvalue weighted by Crippen LogP contribution is -2.30. The van der Waals surface area contributed by atoms with Gasteiger partial charge in [0.05, 0.1) is 0 Å². The molecule has 6 nitrogen and oxygen atoms in total. The second kappa shape index (κ2) is 6.86. The van der Waals surface area contributed by atoms with Crippen molar-refractivity contribution >= 4 is 11.6 Å². The molecule has 0 radical (unpaired) electrons. The van der Waals surface area contributed by atoms with Gasteiger partial charge in [0.1, 0.15) is 0 Å². The zero-order valence-corrected chi connectivity index (χ0v) is 13.8. The van der Waals surface area contributed by atoms with Crippen molar-refractivity contribution in [1.82, 2.24) is 20.1 Å². The minimum atomic E-state index is -0.118. The molecule has 4 rings (SSSR count). The number of amides is 1. The maximum absolute atomic E-state index is 12.3. The summed E-state index contributed by atoms with van der Waals surface area (Å²) in [6.07, 6.45) is 6.03. The van der Waals surface area contributed by atoms with Crippen LogP contribution in [0.4, 0.5) is 5.69 Å². The van der Waals surface area contributed by atoms with Crippen molar-refractivity contribution in [2.45, 2.75) is 19.5 Å². The average Bonchev–Trinajstić information content (AvgIpc) is 3.15. The van der Waals surface area contributed by atoms with Gasteiger partial charge in [-0.25, -0.2) is 0 Å². The molecule has 0 bridgehead atoms. The molecule has 0 saturated heterocycles. The van der Waals surface area contributed by atoms with Gasteiger partial charge in [0.25, 0.3) is 5.91 Å². The predicted octanol–water partition coefficient (Wildman–Crippen LogP) is 2.62. The lowest BCUT2D eigenvalue weighted by Gasteiger charge is -2.28. The van der Waals surface area contributed by atoms with Crippen molar-refractivity contribution < 1.29 is 4.79 Å². The topological polar surface area (TPSA) is 73.9 Å². The van der Waals surface area contributed by atoms with E-state index in [1.54, 1.807) is 30.7 Å². The molecule has 1 amide bonds. The number of benzene rings is 1. The van der Waals surface area contributed by atoms with Gasteiger partial charge in [-0.15, -0.1) is 0 Å². The molecule has 0 atom stereocenters. The van der Waals surface area contributed by atoms with E-state index in [4.69, 9.17) is 0 Å². The Morgan fingerprint density at radius 1 is 1.12 bits per heavy atom. The number of carbonyl (C=O) groups excluding carboxylic acids is 1. The third-order valence-corrected chi connectivity index (χ3v) is 4.45. The maximum Gasteiger partial charge on any atom is 0.255 e. The van der Waals surface area contributed by atoms with Gasteiger partial charge in [-0.3, -0.25) is 19.8 Å². The van der Waals surface area contributed by atoms with Crippen molar-refractivity contribution in [3.05, 3.63) is 77.4 Å². The molecule has 25 heavy (non-hydrogen) atoms. The number of aromatic amines is 1. The second-order valence-corrected chi connectivity index (χ2v) is 6.22. The van der Waals surface area contributed by atoms with Crippen molar-refractivity contribution in [1.29, 1.82) is 0 Å². The number of hydrogen-bond donors (Lipinski definition) is 2. The fourth-order valence-electron chi connectivity index (χ4n) is 3.15. The number of anilines is 1. The number of fused-ring (bicyclic) bond motifs is 1.